The third-order valence-electron chi connectivity index (χ3n) is 2.97. The number of hydrogen-bond donors (Lipinski definition) is 1. The molecule has 0 unspecified atom stereocenters. The summed E-state index contributed by atoms with van der Waals surface area (Å²) in [6, 6.07) is 5.50. The summed E-state index contributed by atoms with van der Waals surface area (Å²) in [5.41, 5.74) is 0.778. The van der Waals surface area contributed by atoms with Gasteiger partial charge in [-0.25, -0.2) is 0 Å². The van der Waals surface area contributed by atoms with E-state index in [1.807, 2.05) is 18.2 Å². The van der Waals surface area contributed by atoms with E-state index in [2.05, 4.69) is 30.8 Å². The smallest absolute Gasteiger partial charge is 0.182 e. The average Bonchev–Trinajstić information content (AvgIpc) is 3.19. The van der Waals surface area contributed by atoms with Gasteiger partial charge in [0.25, 0.3) is 0 Å². The zero-order chi connectivity index (χ0) is 14.7. The van der Waals surface area contributed by atoms with Gasteiger partial charge in [-0.3, -0.25) is 4.57 Å². The molecule has 0 saturated heterocycles. The van der Waals surface area contributed by atoms with Crippen LogP contribution in [-0.2, 0) is 6.42 Å². The number of hydrogen-bond acceptors (Lipinski definition) is 7. The Bertz CT molecular complexity index is 723. The number of ether oxygens (including phenoxy) is 2. The van der Waals surface area contributed by atoms with Crippen LogP contribution in [0.3, 0.4) is 0 Å². The third kappa shape index (κ3) is 2.53. The van der Waals surface area contributed by atoms with Crippen molar-refractivity contribution in [1.29, 1.82) is 0 Å². The zero-order valence-corrected chi connectivity index (χ0v) is 11.5. The van der Waals surface area contributed by atoms with E-state index in [1.165, 1.54) is 0 Å². The average molecular weight is 287 g/mol. The van der Waals surface area contributed by atoms with Crippen LogP contribution >= 0.6 is 0 Å². The Kier molecular flexibility index (Phi) is 3.46. The highest BCUT2D eigenvalue weighted by Gasteiger charge is 2.14. The van der Waals surface area contributed by atoms with Gasteiger partial charge in [-0.15, -0.1) is 20.4 Å². The van der Waals surface area contributed by atoms with Crippen LogP contribution in [0.1, 0.15) is 11.6 Å². The molecule has 0 radical (unpaired) electrons. The first kappa shape index (κ1) is 13.0. The molecular weight excluding hydrogens is 274 g/mol. The molecule has 0 spiro atoms. The largest absolute Gasteiger partial charge is 0.497 e. The van der Waals surface area contributed by atoms with Crippen LogP contribution in [0.4, 0.5) is 0 Å². The predicted octanol–water partition coefficient (Wildman–Crippen LogP) is 0.388. The van der Waals surface area contributed by atoms with Crippen LogP contribution < -0.4 is 9.47 Å². The van der Waals surface area contributed by atoms with Gasteiger partial charge in [-0.1, -0.05) is 5.21 Å². The molecule has 0 aliphatic heterocycles. The summed E-state index contributed by atoms with van der Waals surface area (Å²) in [5.74, 6) is 2.60. The molecule has 3 aromatic rings. The minimum absolute atomic E-state index is 0.400. The molecule has 3 rings (SSSR count). The maximum absolute atomic E-state index is 5.38. The van der Waals surface area contributed by atoms with Gasteiger partial charge in [0.2, 0.25) is 0 Å². The van der Waals surface area contributed by atoms with Crippen molar-refractivity contribution in [1.82, 2.24) is 35.4 Å². The van der Waals surface area contributed by atoms with Crippen molar-refractivity contribution in [2.24, 2.45) is 0 Å². The van der Waals surface area contributed by atoms with Gasteiger partial charge in [0.1, 0.15) is 23.7 Å². The van der Waals surface area contributed by atoms with E-state index >= 15 is 0 Å². The van der Waals surface area contributed by atoms with E-state index in [4.69, 9.17) is 9.47 Å². The number of aromatic amines is 1. The quantitative estimate of drug-likeness (QED) is 0.723. The molecule has 0 amide bonds. The van der Waals surface area contributed by atoms with Crippen LogP contribution in [0.25, 0.3) is 5.69 Å². The van der Waals surface area contributed by atoms with E-state index in [-0.39, 0.29) is 0 Å². The lowest BCUT2D eigenvalue weighted by Crippen LogP contribution is -2.05. The molecule has 9 nitrogen and oxygen atoms in total. The Labute approximate surface area is 119 Å². The summed E-state index contributed by atoms with van der Waals surface area (Å²) in [7, 11) is 3.21. The lowest BCUT2D eigenvalue weighted by atomic mass is 10.2. The SMILES string of the molecule is COc1ccc(OC)c(-n2cnnc2Cc2nn[nH]n2)c1. The number of H-pyrrole nitrogens is 1. The number of nitrogens with zero attached hydrogens (tertiary/aromatic N) is 6. The Hall–Kier alpha value is -2.97. The van der Waals surface area contributed by atoms with Crippen molar-refractivity contribution in [2.45, 2.75) is 6.42 Å². The standard InChI is InChI=1S/C12H13N7O2/c1-20-8-3-4-10(21-2)9(5-8)19-7-13-16-12(19)6-11-14-17-18-15-11/h3-5,7H,6H2,1-2H3,(H,14,15,17,18). The first-order valence-electron chi connectivity index (χ1n) is 6.15. The zero-order valence-electron chi connectivity index (χ0n) is 11.5. The first-order chi connectivity index (χ1) is 10.3. The number of benzene rings is 1. The van der Waals surface area contributed by atoms with Crippen LogP contribution in [0.5, 0.6) is 11.5 Å². The minimum Gasteiger partial charge on any atom is -0.497 e. The molecule has 0 atom stereocenters. The fourth-order valence-corrected chi connectivity index (χ4v) is 1.96. The molecule has 0 bridgehead atoms. The number of tetrazole rings is 1. The highest BCUT2D eigenvalue weighted by molar-refractivity contribution is 5.51. The highest BCUT2D eigenvalue weighted by atomic mass is 16.5. The van der Waals surface area contributed by atoms with Crippen molar-refractivity contribution >= 4 is 0 Å². The lowest BCUT2D eigenvalue weighted by molar-refractivity contribution is 0.401. The van der Waals surface area contributed by atoms with Gasteiger partial charge in [-0.05, 0) is 12.1 Å². The molecule has 0 aliphatic rings. The monoisotopic (exact) mass is 287 g/mol. The van der Waals surface area contributed by atoms with Gasteiger partial charge >= 0.3 is 0 Å². The Morgan fingerprint density at radius 1 is 1.19 bits per heavy atom. The van der Waals surface area contributed by atoms with E-state index < -0.39 is 0 Å². The summed E-state index contributed by atoms with van der Waals surface area (Å²) < 4.78 is 12.4. The van der Waals surface area contributed by atoms with E-state index in [0.29, 0.717) is 29.6 Å². The summed E-state index contributed by atoms with van der Waals surface area (Å²) in [5, 5.41) is 21.8. The van der Waals surface area contributed by atoms with Gasteiger partial charge in [0, 0.05) is 6.07 Å². The molecule has 0 saturated carbocycles. The number of rotatable bonds is 5. The topological polar surface area (TPSA) is 104 Å². The molecule has 2 aromatic heterocycles. The minimum atomic E-state index is 0.400. The second-order valence-electron chi connectivity index (χ2n) is 4.16. The molecule has 108 valence electrons. The summed E-state index contributed by atoms with van der Waals surface area (Å²) in [4.78, 5) is 0. The maximum Gasteiger partial charge on any atom is 0.182 e. The summed E-state index contributed by atoms with van der Waals surface area (Å²) >= 11 is 0. The first-order valence-corrected chi connectivity index (χ1v) is 6.15. The molecular formula is C12H13N7O2. The normalized spacial score (nSPS) is 10.6. The fraction of sp³-hybridized carbons (Fsp3) is 0.250. The van der Waals surface area contributed by atoms with Gasteiger partial charge in [0.05, 0.1) is 26.3 Å². The molecule has 0 aliphatic carbocycles. The molecule has 2 heterocycles. The second kappa shape index (κ2) is 5.57. The highest BCUT2D eigenvalue weighted by Crippen LogP contribution is 2.28. The van der Waals surface area contributed by atoms with Crippen molar-refractivity contribution < 1.29 is 9.47 Å². The fourth-order valence-electron chi connectivity index (χ4n) is 1.96. The number of aromatic nitrogens is 7. The predicted molar refractivity (Wildman–Crippen MR) is 71.4 cm³/mol. The molecule has 0 fully saturated rings. The molecule has 9 heteroatoms. The van der Waals surface area contributed by atoms with Crippen molar-refractivity contribution in [2.75, 3.05) is 14.2 Å². The van der Waals surface area contributed by atoms with Crippen molar-refractivity contribution in [3.05, 3.63) is 36.2 Å². The number of methoxy groups -OCH3 is 2. The van der Waals surface area contributed by atoms with Crippen LogP contribution in [0, 0.1) is 0 Å². The van der Waals surface area contributed by atoms with E-state index in [9.17, 15) is 0 Å². The van der Waals surface area contributed by atoms with Gasteiger partial charge in [0.15, 0.2) is 5.82 Å². The van der Waals surface area contributed by atoms with Crippen LogP contribution in [-0.4, -0.2) is 49.6 Å². The van der Waals surface area contributed by atoms with Crippen LogP contribution in [0.15, 0.2) is 24.5 Å². The van der Waals surface area contributed by atoms with Crippen molar-refractivity contribution in [3.8, 4) is 17.2 Å². The second-order valence-corrected chi connectivity index (χ2v) is 4.16. The lowest BCUT2D eigenvalue weighted by Gasteiger charge is -2.12. The van der Waals surface area contributed by atoms with Crippen LogP contribution in [0.2, 0.25) is 0 Å². The van der Waals surface area contributed by atoms with Gasteiger partial charge in [-0.2, -0.15) is 5.21 Å². The molecule has 1 N–H and O–H groups in total. The molecule has 1 aromatic carbocycles. The Morgan fingerprint density at radius 2 is 2.10 bits per heavy atom. The third-order valence-corrected chi connectivity index (χ3v) is 2.97. The number of nitrogens with one attached hydrogen (secondary N) is 1. The summed E-state index contributed by atoms with van der Waals surface area (Å²) in [6.45, 7) is 0. The maximum atomic E-state index is 5.38. The van der Waals surface area contributed by atoms with Crippen molar-refractivity contribution in [3.63, 3.8) is 0 Å². The van der Waals surface area contributed by atoms with E-state index in [1.54, 1.807) is 25.1 Å². The van der Waals surface area contributed by atoms with E-state index in [0.717, 1.165) is 5.69 Å². The van der Waals surface area contributed by atoms with Gasteiger partial charge < -0.3 is 9.47 Å². The molecule has 21 heavy (non-hydrogen) atoms. The Balaban J connectivity index is 2.02. The summed E-state index contributed by atoms with van der Waals surface area (Å²) in [6.07, 6.45) is 2.00. The Morgan fingerprint density at radius 3 is 2.81 bits per heavy atom.